The van der Waals surface area contributed by atoms with Gasteiger partial charge < -0.3 is 77.1 Å². The lowest BCUT2D eigenvalue weighted by Crippen LogP contribution is -2.45. The molecule has 4 amide bonds. The Labute approximate surface area is 825 Å². The van der Waals surface area contributed by atoms with Crippen LogP contribution in [-0.4, -0.2) is 244 Å². The highest BCUT2D eigenvalue weighted by atomic mass is 32.2. The van der Waals surface area contributed by atoms with Crippen LogP contribution >= 0.6 is 47.0 Å². The number of thioether (sulfide) groups is 4. The molecule has 0 fully saturated rings. The average Bonchev–Trinajstić information content (AvgIpc) is 1.65. The van der Waals surface area contributed by atoms with Crippen LogP contribution in [0.2, 0.25) is 0 Å². The zero-order valence-electron chi connectivity index (χ0n) is 81.7. The van der Waals surface area contributed by atoms with Crippen LogP contribution in [-0.2, 0) is 82.9 Å². The molecule has 9 aromatic rings. The van der Waals surface area contributed by atoms with E-state index in [1.54, 1.807) is 94.1 Å². The van der Waals surface area contributed by atoms with Crippen molar-refractivity contribution in [3.63, 3.8) is 0 Å². The number of hydrogen-bond acceptors (Lipinski definition) is 28. The molecule has 28 nitrogen and oxygen atoms in total. The topological polar surface area (TPSA) is 305 Å². The smallest absolute Gasteiger partial charge is 0.338 e. The number of amides is 4. The van der Waals surface area contributed by atoms with Crippen molar-refractivity contribution in [2.75, 3.05) is 142 Å². The second-order valence-corrected chi connectivity index (χ2v) is 39.5. The van der Waals surface area contributed by atoms with Crippen molar-refractivity contribution in [2.45, 2.75) is 160 Å². The maximum absolute atomic E-state index is 14.0. The van der Waals surface area contributed by atoms with E-state index in [0.29, 0.717) is 98.3 Å². The number of benzene rings is 9. The normalized spacial score (nSPS) is 17.7. The molecule has 0 spiro atoms. The number of hydrogen-bond donors (Lipinski definition) is 0. The molecule has 4 aliphatic rings. The first-order valence-corrected chi connectivity index (χ1v) is 49.0. The lowest BCUT2D eigenvalue weighted by Gasteiger charge is -2.28. The minimum Gasteiger partial charge on any atom is -0.465 e. The number of esters is 8. The number of aryl methyl sites for hydroxylation is 3. The summed E-state index contributed by atoms with van der Waals surface area (Å²) in [6.07, 6.45) is -2.57. The highest BCUT2D eigenvalue weighted by molar-refractivity contribution is 8.00. The highest BCUT2D eigenvalue weighted by Gasteiger charge is 2.46. The van der Waals surface area contributed by atoms with Crippen molar-refractivity contribution < 1.29 is 95.4 Å². The number of anilines is 4. The van der Waals surface area contributed by atoms with Crippen LogP contribution in [0.15, 0.2) is 226 Å². The predicted octanol–water partition coefficient (Wildman–Crippen LogP) is 17.0. The minimum absolute atomic E-state index is 0.152. The lowest BCUT2D eigenvalue weighted by atomic mass is 10.0. The molecular formula is C106H124N8O20S4. The average molecular weight is 1960 g/mol. The number of fused-ring (bicyclic) bond motifs is 4. The van der Waals surface area contributed by atoms with Crippen LogP contribution < -0.4 is 19.6 Å². The summed E-state index contributed by atoms with van der Waals surface area (Å²) in [6.45, 7) is 21.4. The Bertz CT molecular complexity index is 5750. The molecule has 4 heterocycles. The molecule has 13 rings (SSSR count). The molecule has 0 saturated heterocycles. The third-order valence-electron chi connectivity index (χ3n) is 22.2. The molecule has 0 aliphatic carbocycles. The Morgan fingerprint density at radius 1 is 0.348 bits per heavy atom. The first-order valence-electron chi connectivity index (χ1n) is 45.5. The molecule has 0 saturated carbocycles. The summed E-state index contributed by atoms with van der Waals surface area (Å²) in [5.41, 5.74) is 11.8. The summed E-state index contributed by atoms with van der Waals surface area (Å²) < 4.78 is 43.6. The van der Waals surface area contributed by atoms with E-state index < -0.39 is 93.2 Å². The van der Waals surface area contributed by atoms with Crippen molar-refractivity contribution in [1.29, 1.82) is 0 Å². The Morgan fingerprint density at radius 3 is 0.949 bits per heavy atom. The van der Waals surface area contributed by atoms with E-state index in [1.165, 1.54) is 81.9 Å². The Balaban J connectivity index is 0.000000190. The number of methoxy groups -OCH3 is 1. The van der Waals surface area contributed by atoms with Crippen LogP contribution in [0.4, 0.5) is 22.7 Å². The Kier molecular flexibility index (Phi) is 40.3. The second-order valence-electron chi connectivity index (χ2n) is 34.8. The quantitative estimate of drug-likeness (QED) is 0.0229. The number of likely N-dealkylation sites (N-methyl/N-ethyl adjacent to an activating group) is 4. The number of nitrogens with zero attached hydrogens (tertiary/aromatic N) is 8. The molecule has 9 aromatic carbocycles. The maximum Gasteiger partial charge on any atom is 0.338 e. The van der Waals surface area contributed by atoms with E-state index in [2.05, 4.69) is 0 Å². The van der Waals surface area contributed by atoms with Gasteiger partial charge in [0.1, 0.15) is 6.61 Å². The van der Waals surface area contributed by atoms with Crippen LogP contribution in [0.1, 0.15) is 168 Å². The molecule has 8 atom stereocenters. The number of carbonyl (C=O) groups excluding carboxylic acids is 12. The molecule has 0 bridgehead atoms. The molecule has 0 N–H and O–H groups in total. The van der Waals surface area contributed by atoms with Gasteiger partial charge in [0.2, 0.25) is 0 Å². The van der Waals surface area contributed by atoms with Crippen molar-refractivity contribution in [3.05, 3.63) is 273 Å². The molecule has 138 heavy (non-hydrogen) atoms. The summed E-state index contributed by atoms with van der Waals surface area (Å²) in [7, 11) is 16.8. The Morgan fingerprint density at radius 2 is 0.638 bits per heavy atom. The summed E-state index contributed by atoms with van der Waals surface area (Å²) in [5, 5.41) is -1.79. The highest BCUT2D eigenvalue weighted by Crippen LogP contribution is 2.52. The largest absolute Gasteiger partial charge is 0.465 e. The summed E-state index contributed by atoms with van der Waals surface area (Å²) >= 11 is 5.85. The maximum atomic E-state index is 14.0. The zero-order valence-corrected chi connectivity index (χ0v) is 85.0. The van der Waals surface area contributed by atoms with Gasteiger partial charge >= 0.3 is 47.8 Å². The van der Waals surface area contributed by atoms with Gasteiger partial charge in [-0.1, -0.05) is 157 Å². The molecule has 732 valence electrons. The fourth-order valence-electron chi connectivity index (χ4n) is 15.0. The van der Waals surface area contributed by atoms with Crippen molar-refractivity contribution in [2.24, 2.45) is 0 Å². The van der Waals surface area contributed by atoms with Crippen molar-refractivity contribution in [1.82, 2.24) is 19.6 Å². The number of rotatable bonds is 30. The van der Waals surface area contributed by atoms with Crippen molar-refractivity contribution in [3.8, 4) is 0 Å². The van der Waals surface area contributed by atoms with Gasteiger partial charge in [-0.05, 0) is 204 Å². The summed E-state index contributed by atoms with van der Waals surface area (Å²) in [4.78, 5) is 171. The first-order chi connectivity index (χ1) is 65.8. The van der Waals surface area contributed by atoms with Gasteiger partial charge in [0.15, 0.2) is 24.4 Å². The number of para-hydroxylation sites is 1. The van der Waals surface area contributed by atoms with Gasteiger partial charge in [0, 0.05) is 99.6 Å². The number of unbranched alkanes of at least 4 members (excludes halogenated alkanes) is 1. The molecule has 0 radical (unpaired) electrons. The van der Waals surface area contributed by atoms with Crippen LogP contribution in [0.25, 0.3) is 0 Å². The van der Waals surface area contributed by atoms with Crippen LogP contribution in [0.5, 0.6) is 0 Å². The lowest BCUT2D eigenvalue weighted by molar-refractivity contribution is -0.153. The molecule has 4 aliphatic heterocycles. The Hall–Kier alpha value is -12.1. The van der Waals surface area contributed by atoms with E-state index >= 15 is 0 Å². The van der Waals surface area contributed by atoms with Gasteiger partial charge in [-0.2, -0.15) is 0 Å². The minimum atomic E-state index is -1.02. The molecule has 0 unspecified atom stereocenters. The van der Waals surface area contributed by atoms with Gasteiger partial charge in [-0.3, -0.25) is 38.4 Å². The standard InChI is InChI=1S/C30H32N2O5S.C27H34N2O5S.C26H32N2O5S.C23H26N2O5S/c1-20-10-12-23(13-11-20)28-27(37-21(2)33)29(34)32(17-16-31(3)4)25-18-24(14-15-26(25)38-28)30(35)36-19-22-8-6-5-7-9-22;1-6-7-16-33-27(32)21-12-13-23-22(17-21)29(15-14-28(4)5)26(31)24(34-19(3)30)25(35-23)20-10-8-18(2)9-11-20;1-16(2)32-26(31)20-11-12-22-21(15-20)28(14-13-27(5)6)25(30)23(33-18(4)29)24(34-22)19-9-7-17(3)8-10-19;1-15(26)30-20-21(16-9-11-17(12-10-16)23(28)29-4)31-19-8-6-5-7-18(19)25(22(20)27)14-13-24(2)3/h5-15,18,27-28H,16-17,19H2,1-4H3;8-13,17,24-25H,6-7,14-16H2,1-5H3;7-12,15-16,23-24H,13-14H2,1-6H3;5-12,20-21H,13-14H2,1-4H3/t27-,28+;24-,25+;23-,24+;20-,21+/m1111/s1. The third kappa shape index (κ3) is 29.9. The summed E-state index contributed by atoms with van der Waals surface area (Å²) in [6, 6.07) is 63.4. The van der Waals surface area contributed by atoms with E-state index in [0.717, 1.165) is 82.6 Å². The van der Waals surface area contributed by atoms with E-state index in [9.17, 15) is 57.5 Å². The monoisotopic (exact) mass is 1960 g/mol. The van der Waals surface area contributed by atoms with Gasteiger partial charge in [-0.15, -0.1) is 47.0 Å². The van der Waals surface area contributed by atoms with E-state index in [1.807, 2.05) is 249 Å². The SMILES string of the molecule is CC(=O)O[C@H]1C(=O)N(CCN(C)C)c2cc(C(=O)OC(C)C)ccc2S[C@H]1c1ccc(C)cc1.CC(=O)O[C@H]1C(=O)N(CCN(C)C)c2cc(C(=O)OCc3ccccc3)ccc2S[C@H]1c1ccc(C)cc1.CCCCOC(=O)c1ccc2c(c1)N(CCN(C)C)C(=O)[C@H](OC(C)=O)[C@H](c1ccc(C)cc1)S2.COC(=O)c1ccc([C@@H]2Sc3ccccc3N(CCN(C)C)C(=O)[C@@H]2OC(C)=O)cc1. The molecular weight excluding hydrogens is 1830 g/mol. The first kappa shape index (κ1) is 108. The van der Waals surface area contributed by atoms with Gasteiger partial charge in [-0.25, -0.2) is 19.2 Å². The number of carbonyl (C=O) groups is 12. The van der Waals surface area contributed by atoms with Gasteiger partial charge in [0.25, 0.3) is 23.6 Å². The van der Waals surface area contributed by atoms with Crippen LogP contribution in [0.3, 0.4) is 0 Å². The fourth-order valence-corrected chi connectivity index (χ4v) is 20.2. The zero-order chi connectivity index (χ0) is 100. The molecule has 0 aromatic heterocycles. The van der Waals surface area contributed by atoms with Gasteiger partial charge in [0.05, 0.1) is 85.8 Å². The predicted molar refractivity (Wildman–Crippen MR) is 539 cm³/mol. The third-order valence-corrected chi connectivity index (χ3v) is 27.7. The van der Waals surface area contributed by atoms with Crippen LogP contribution in [0, 0.1) is 20.8 Å². The van der Waals surface area contributed by atoms with Crippen molar-refractivity contribution >= 4 is 141 Å². The summed E-state index contributed by atoms with van der Waals surface area (Å²) in [5.74, 6) is -5.07. The van der Waals surface area contributed by atoms with E-state index in [-0.39, 0.29) is 36.3 Å². The fraction of sp³-hybridized carbons (Fsp3) is 0.377. The number of ether oxygens (including phenoxy) is 8. The second kappa shape index (κ2) is 51.5. The van der Waals surface area contributed by atoms with E-state index in [4.69, 9.17) is 37.9 Å². The molecule has 32 heteroatoms.